The van der Waals surface area contributed by atoms with Crippen molar-refractivity contribution in [3.05, 3.63) is 89.5 Å². The number of anilines is 2. The molecule has 0 unspecified atom stereocenters. The summed E-state index contributed by atoms with van der Waals surface area (Å²) < 4.78 is 52.8. The maximum Gasteiger partial charge on any atom is 0.328 e. The van der Waals surface area contributed by atoms with Gasteiger partial charge in [0.15, 0.2) is 0 Å². The van der Waals surface area contributed by atoms with E-state index < -0.39 is 33.7 Å². The summed E-state index contributed by atoms with van der Waals surface area (Å²) in [6.07, 6.45) is 0.410. The Kier molecular flexibility index (Phi) is 7.79. The van der Waals surface area contributed by atoms with Crippen LogP contribution in [0.2, 0.25) is 0 Å². The molecule has 178 valence electrons. The van der Waals surface area contributed by atoms with Crippen LogP contribution >= 0.6 is 0 Å². The molecule has 0 aliphatic heterocycles. The van der Waals surface area contributed by atoms with Crippen LogP contribution in [0.3, 0.4) is 0 Å². The van der Waals surface area contributed by atoms with Crippen molar-refractivity contribution < 1.29 is 26.8 Å². The van der Waals surface area contributed by atoms with Gasteiger partial charge in [-0.05, 0) is 55.3 Å². The van der Waals surface area contributed by atoms with Crippen LogP contribution in [0.5, 0.6) is 0 Å². The van der Waals surface area contributed by atoms with Gasteiger partial charge in [0, 0.05) is 24.0 Å². The molecule has 3 rings (SSSR count). The molecule has 34 heavy (non-hydrogen) atoms. The molecule has 0 saturated heterocycles. The molecule has 3 aromatic carbocycles. The largest absolute Gasteiger partial charge is 0.337 e. The van der Waals surface area contributed by atoms with Crippen molar-refractivity contribution in [2.24, 2.45) is 0 Å². The summed E-state index contributed by atoms with van der Waals surface area (Å²) in [5, 5.41) is 7.35. The van der Waals surface area contributed by atoms with E-state index in [1.54, 1.807) is 36.4 Å². The number of rotatable bonds is 7. The smallest absolute Gasteiger partial charge is 0.328 e. The quantitative estimate of drug-likeness (QED) is 0.400. The Morgan fingerprint density at radius 3 is 2.00 bits per heavy atom. The van der Waals surface area contributed by atoms with Gasteiger partial charge in [-0.3, -0.25) is 0 Å². The minimum atomic E-state index is -3.97. The Balaban J connectivity index is 1.45. The average molecular weight is 489 g/mol. The summed E-state index contributed by atoms with van der Waals surface area (Å²) in [6, 6.07) is 13.9. The first-order valence-corrected chi connectivity index (χ1v) is 11.6. The van der Waals surface area contributed by atoms with E-state index in [9.17, 15) is 26.8 Å². The van der Waals surface area contributed by atoms with Crippen molar-refractivity contribution in [2.45, 2.75) is 18.2 Å². The van der Waals surface area contributed by atoms with E-state index in [0.29, 0.717) is 18.2 Å². The number of carbonyl (C=O) groups excluding carboxylic acids is 2. The van der Waals surface area contributed by atoms with Gasteiger partial charge in [0.2, 0.25) is 0 Å². The fraction of sp³-hybridized carbons (Fsp3) is 0.130. The molecule has 0 saturated carbocycles. The van der Waals surface area contributed by atoms with E-state index in [1.807, 2.05) is 11.6 Å². The van der Waals surface area contributed by atoms with Crippen molar-refractivity contribution in [2.75, 3.05) is 17.2 Å². The highest BCUT2D eigenvalue weighted by Gasteiger charge is 2.17. The minimum Gasteiger partial charge on any atom is -0.337 e. The monoisotopic (exact) mass is 488 g/mol. The maximum atomic E-state index is 13.2. The standard InChI is InChI=1S/C23H22F2N4O4S/c1-15-2-8-21(9-3-15)34(32,33)29-22(30)26-11-10-16-4-6-19(7-5-16)27-23(31)28-20-13-17(24)12-18(25)14-20/h2-9,12-14H,10-11H2,1H3,(H2,26,29,30)(H2,27,28,31). The number of aryl methyl sites for hydroxylation is 1. The first kappa shape index (κ1) is 24.6. The van der Waals surface area contributed by atoms with Crippen LogP contribution in [0, 0.1) is 18.6 Å². The summed E-state index contributed by atoms with van der Waals surface area (Å²) in [4.78, 5) is 23.9. The first-order chi connectivity index (χ1) is 16.1. The number of halogens is 2. The molecule has 0 radical (unpaired) electrons. The van der Waals surface area contributed by atoms with Gasteiger partial charge in [-0.15, -0.1) is 0 Å². The molecule has 3 aromatic rings. The second kappa shape index (κ2) is 10.8. The number of hydrogen-bond acceptors (Lipinski definition) is 4. The second-order valence-corrected chi connectivity index (χ2v) is 9.04. The zero-order valence-corrected chi connectivity index (χ0v) is 18.9. The van der Waals surface area contributed by atoms with Gasteiger partial charge < -0.3 is 16.0 Å². The van der Waals surface area contributed by atoms with E-state index in [1.165, 1.54) is 12.1 Å². The number of benzene rings is 3. The third kappa shape index (κ3) is 7.27. The molecule has 0 aliphatic carbocycles. The van der Waals surface area contributed by atoms with Crippen LogP contribution in [0.25, 0.3) is 0 Å². The highest BCUT2D eigenvalue weighted by Crippen LogP contribution is 2.15. The van der Waals surface area contributed by atoms with Crippen molar-refractivity contribution in [1.82, 2.24) is 10.0 Å². The van der Waals surface area contributed by atoms with Crippen molar-refractivity contribution >= 4 is 33.5 Å². The van der Waals surface area contributed by atoms with Gasteiger partial charge >= 0.3 is 12.1 Å². The predicted octanol–water partition coefficient (Wildman–Crippen LogP) is 4.15. The lowest BCUT2D eigenvalue weighted by Crippen LogP contribution is -2.40. The number of amides is 4. The molecular weight excluding hydrogens is 466 g/mol. The zero-order valence-electron chi connectivity index (χ0n) is 18.1. The van der Waals surface area contributed by atoms with Crippen LogP contribution < -0.4 is 20.7 Å². The molecule has 0 fully saturated rings. The first-order valence-electron chi connectivity index (χ1n) is 10.1. The van der Waals surface area contributed by atoms with Gasteiger partial charge in [0.05, 0.1) is 4.90 Å². The van der Waals surface area contributed by atoms with Gasteiger partial charge in [-0.25, -0.2) is 31.5 Å². The molecule has 0 spiro atoms. The third-order valence-electron chi connectivity index (χ3n) is 4.59. The molecule has 4 amide bonds. The summed E-state index contributed by atoms with van der Waals surface area (Å²) >= 11 is 0. The Hall–Kier alpha value is -3.99. The lowest BCUT2D eigenvalue weighted by Gasteiger charge is -2.10. The van der Waals surface area contributed by atoms with Crippen LogP contribution in [-0.2, 0) is 16.4 Å². The minimum absolute atomic E-state index is 0.0112. The lowest BCUT2D eigenvalue weighted by molar-refractivity contribution is 0.246. The summed E-state index contributed by atoms with van der Waals surface area (Å²) in [6.45, 7) is 2.00. The molecule has 0 aliphatic rings. The number of sulfonamides is 1. The molecule has 0 bridgehead atoms. The molecule has 8 nitrogen and oxygen atoms in total. The summed E-state index contributed by atoms with van der Waals surface area (Å²) in [7, 11) is -3.97. The van der Waals surface area contributed by atoms with Crippen molar-refractivity contribution in [1.29, 1.82) is 0 Å². The number of hydrogen-bond donors (Lipinski definition) is 4. The second-order valence-electron chi connectivity index (χ2n) is 7.36. The fourth-order valence-corrected chi connectivity index (χ4v) is 3.86. The van der Waals surface area contributed by atoms with E-state index in [2.05, 4.69) is 16.0 Å². The van der Waals surface area contributed by atoms with Crippen LogP contribution in [0.15, 0.2) is 71.6 Å². The molecule has 0 atom stereocenters. The van der Waals surface area contributed by atoms with Crippen molar-refractivity contribution in [3.63, 3.8) is 0 Å². The molecular formula is C23H22F2N4O4S. The van der Waals surface area contributed by atoms with Gasteiger partial charge in [0.25, 0.3) is 10.0 Å². The SMILES string of the molecule is Cc1ccc(S(=O)(=O)NC(=O)NCCc2ccc(NC(=O)Nc3cc(F)cc(F)c3)cc2)cc1. The van der Waals surface area contributed by atoms with Crippen LogP contribution in [-0.4, -0.2) is 27.0 Å². The highest BCUT2D eigenvalue weighted by molar-refractivity contribution is 7.90. The van der Waals surface area contributed by atoms with E-state index in [-0.39, 0.29) is 17.1 Å². The summed E-state index contributed by atoms with van der Waals surface area (Å²) in [5.41, 5.74) is 2.13. The summed E-state index contributed by atoms with van der Waals surface area (Å²) in [5.74, 6) is -1.62. The molecule has 11 heteroatoms. The predicted molar refractivity (Wildman–Crippen MR) is 124 cm³/mol. The average Bonchev–Trinajstić information content (AvgIpc) is 2.74. The molecule has 4 N–H and O–H groups in total. The topological polar surface area (TPSA) is 116 Å². The normalized spacial score (nSPS) is 10.9. The number of nitrogens with one attached hydrogen (secondary N) is 4. The van der Waals surface area contributed by atoms with E-state index in [4.69, 9.17) is 0 Å². The fourth-order valence-electron chi connectivity index (χ4n) is 2.93. The Morgan fingerprint density at radius 1 is 0.794 bits per heavy atom. The molecule has 0 heterocycles. The lowest BCUT2D eigenvalue weighted by atomic mass is 10.1. The Morgan fingerprint density at radius 2 is 1.38 bits per heavy atom. The maximum absolute atomic E-state index is 13.2. The van der Waals surface area contributed by atoms with E-state index in [0.717, 1.165) is 23.3 Å². The van der Waals surface area contributed by atoms with E-state index >= 15 is 0 Å². The Labute approximate surface area is 195 Å². The molecule has 0 aromatic heterocycles. The van der Waals surface area contributed by atoms with Gasteiger partial charge in [-0.2, -0.15) is 0 Å². The highest BCUT2D eigenvalue weighted by atomic mass is 32.2. The zero-order chi connectivity index (χ0) is 24.7. The third-order valence-corrected chi connectivity index (χ3v) is 5.94. The Bertz CT molecular complexity index is 1260. The van der Waals surface area contributed by atoms with Crippen molar-refractivity contribution in [3.8, 4) is 0 Å². The number of urea groups is 2. The van der Waals surface area contributed by atoms with Gasteiger partial charge in [0.1, 0.15) is 11.6 Å². The van der Waals surface area contributed by atoms with Gasteiger partial charge in [-0.1, -0.05) is 29.8 Å². The van der Waals surface area contributed by atoms with Crippen LogP contribution in [0.4, 0.5) is 29.7 Å². The van der Waals surface area contributed by atoms with Crippen LogP contribution in [0.1, 0.15) is 11.1 Å². The number of carbonyl (C=O) groups is 2.